The Kier molecular flexibility index (Phi) is 25.7. The lowest BCUT2D eigenvalue weighted by Crippen LogP contribution is -1.97. The van der Waals surface area contributed by atoms with Crippen molar-refractivity contribution in [2.24, 2.45) is 5.73 Å². The predicted octanol–water partition coefficient (Wildman–Crippen LogP) is -0.453. The summed E-state index contributed by atoms with van der Waals surface area (Å²) in [5.41, 5.74) is 5.03. The van der Waals surface area contributed by atoms with Crippen molar-refractivity contribution in [3.05, 3.63) is 0 Å². The van der Waals surface area contributed by atoms with E-state index in [2.05, 4.69) is 6.92 Å². The molecule has 0 fully saturated rings. The van der Waals surface area contributed by atoms with Crippen LogP contribution < -0.4 is 5.73 Å². The van der Waals surface area contributed by atoms with Crippen LogP contribution in [0.5, 0.6) is 0 Å². The highest BCUT2D eigenvalue weighted by Gasteiger charge is 1.77. The molecule has 6 N–H and O–H groups in total. The molecule has 0 saturated heterocycles. The third-order valence-corrected chi connectivity index (χ3v) is 0.530. The number of hydrogen-bond donors (Lipinski definition) is 3. The lowest BCUT2D eigenvalue weighted by molar-refractivity contribution is 0.266. The van der Waals surface area contributed by atoms with Gasteiger partial charge in [-0.2, -0.15) is 0 Å². The van der Waals surface area contributed by atoms with Crippen LogP contribution in [0.15, 0.2) is 0 Å². The Morgan fingerprint density at radius 3 is 1.90 bits per heavy atom. The molecule has 0 aliphatic heterocycles. The molecule has 0 amide bonds. The standard InChI is InChI=1S/C3H7NO.C3H9N.H2O/c1-3(5)2-4;1-2-3-4;/h2-5H,1H3;2-4H2,1H3;1H2. The van der Waals surface area contributed by atoms with E-state index in [-0.39, 0.29) is 5.48 Å². The summed E-state index contributed by atoms with van der Waals surface area (Å²) in [6.07, 6.45) is 1.50. The molecule has 0 radical (unpaired) electrons. The molecule has 0 heterocycles. The molecule has 0 aromatic heterocycles. The fourth-order valence-electron chi connectivity index (χ4n) is 0. The SMILES string of the molecule is CC(O)C=N.CCCN.O. The van der Waals surface area contributed by atoms with Gasteiger partial charge in [0, 0.05) is 6.21 Å². The second-order valence-electron chi connectivity index (χ2n) is 1.70. The number of rotatable bonds is 2. The third kappa shape index (κ3) is 49.8. The van der Waals surface area contributed by atoms with E-state index < -0.39 is 6.10 Å². The summed E-state index contributed by atoms with van der Waals surface area (Å²) < 4.78 is 0. The highest BCUT2D eigenvalue weighted by molar-refractivity contribution is 5.57. The molecule has 0 aromatic carbocycles. The average molecular weight is 150 g/mol. The van der Waals surface area contributed by atoms with Crippen molar-refractivity contribution in [2.75, 3.05) is 6.54 Å². The Hall–Kier alpha value is -0.450. The molecule has 0 aliphatic carbocycles. The number of hydrogen-bond acceptors (Lipinski definition) is 3. The van der Waals surface area contributed by atoms with E-state index in [4.69, 9.17) is 16.2 Å². The molecule has 0 rings (SSSR count). The maximum absolute atomic E-state index is 8.12. The Balaban J connectivity index is -0.0000000910. The summed E-state index contributed by atoms with van der Waals surface area (Å²) in [6.45, 7) is 4.41. The van der Waals surface area contributed by atoms with Crippen LogP contribution in [0.3, 0.4) is 0 Å². The molecule has 1 atom stereocenters. The largest absolute Gasteiger partial charge is 0.412 e. The van der Waals surface area contributed by atoms with Gasteiger partial charge in [0.1, 0.15) is 0 Å². The van der Waals surface area contributed by atoms with Gasteiger partial charge in [-0.15, -0.1) is 0 Å². The van der Waals surface area contributed by atoms with Gasteiger partial charge in [-0.3, -0.25) is 0 Å². The monoisotopic (exact) mass is 150 g/mol. The Labute approximate surface area is 61.9 Å². The average Bonchev–Trinajstić information content (AvgIpc) is 1.89. The van der Waals surface area contributed by atoms with Crippen molar-refractivity contribution in [1.29, 1.82) is 5.41 Å². The van der Waals surface area contributed by atoms with Crippen LogP contribution >= 0.6 is 0 Å². The van der Waals surface area contributed by atoms with Gasteiger partial charge >= 0.3 is 0 Å². The van der Waals surface area contributed by atoms with Gasteiger partial charge in [-0.1, -0.05) is 6.92 Å². The summed E-state index contributed by atoms with van der Waals surface area (Å²) in [5, 5.41) is 14.4. The molecule has 0 bridgehead atoms. The van der Waals surface area contributed by atoms with Gasteiger partial charge < -0.3 is 21.7 Å². The second-order valence-corrected chi connectivity index (χ2v) is 1.70. The maximum atomic E-state index is 8.12. The van der Waals surface area contributed by atoms with E-state index in [1.807, 2.05) is 0 Å². The zero-order valence-corrected chi connectivity index (χ0v) is 6.59. The third-order valence-electron chi connectivity index (χ3n) is 0.530. The zero-order valence-electron chi connectivity index (χ0n) is 6.59. The highest BCUT2D eigenvalue weighted by Crippen LogP contribution is 1.63. The Bertz CT molecular complexity index is 55.7. The van der Waals surface area contributed by atoms with Crippen LogP contribution in [0.25, 0.3) is 0 Å². The smallest absolute Gasteiger partial charge is 0.0856 e. The molecule has 0 aliphatic rings. The lowest BCUT2D eigenvalue weighted by Gasteiger charge is -1.82. The molecule has 0 spiro atoms. The normalized spacial score (nSPS) is 10.0. The van der Waals surface area contributed by atoms with Crippen molar-refractivity contribution >= 4 is 6.21 Å². The first-order chi connectivity index (χ1) is 4.18. The molecule has 10 heavy (non-hydrogen) atoms. The predicted molar refractivity (Wildman–Crippen MR) is 43.4 cm³/mol. The van der Waals surface area contributed by atoms with Crippen LogP contribution in [0.4, 0.5) is 0 Å². The molecule has 0 saturated carbocycles. The first-order valence-electron chi connectivity index (χ1n) is 3.07. The van der Waals surface area contributed by atoms with Crippen LogP contribution in [-0.2, 0) is 0 Å². The van der Waals surface area contributed by atoms with Gasteiger partial charge in [0.25, 0.3) is 0 Å². The molecular formula is C6H18N2O2. The molecule has 64 valence electrons. The van der Waals surface area contributed by atoms with Crippen LogP contribution in [-0.4, -0.2) is 29.4 Å². The minimum absolute atomic E-state index is 0. The summed E-state index contributed by atoms with van der Waals surface area (Å²) in [7, 11) is 0. The molecule has 0 aromatic rings. The number of aliphatic hydroxyl groups is 1. The van der Waals surface area contributed by atoms with Crippen LogP contribution in [0, 0.1) is 5.41 Å². The molecular weight excluding hydrogens is 132 g/mol. The molecule has 4 nitrogen and oxygen atoms in total. The second kappa shape index (κ2) is 15.8. The number of nitrogens with one attached hydrogen (secondary N) is 1. The van der Waals surface area contributed by atoms with Crippen molar-refractivity contribution in [3.8, 4) is 0 Å². The van der Waals surface area contributed by atoms with Gasteiger partial charge in [-0.05, 0) is 19.9 Å². The fraction of sp³-hybridized carbons (Fsp3) is 0.833. The Morgan fingerprint density at radius 1 is 1.70 bits per heavy atom. The summed E-state index contributed by atoms with van der Waals surface area (Å²) in [5.74, 6) is 0. The van der Waals surface area contributed by atoms with Gasteiger partial charge in [0.05, 0.1) is 6.10 Å². The van der Waals surface area contributed by atoms with E-state index in [0.717, 1.165) is 19.2 Å². The quantitative estimate of drug-likeness (QED) is 0.464. The minimum Gasteiger partial charge on any atom is -0.412 e. The molecule has 4 heteroatoms. The fourth-order valence-corrected chi connectivity index (χ4v) is 0. The van der Waals surface area contributed by atoms with Crippen molar-refractivity contribution < 1.29 is 10.6 Å². The van der Waals surface area contributed by atoms with E-state index in [9.17, 15) is 0 Å². The van der Waals surface area contributed by atoms with Crippen LogP contribution in [0.2, 0.25) is 0 Å². The molecule has 1 unspecified atom stereocenters. The number of nitrogens with two attached hydrogens (primary N) is 1. The van der Waals surface area contributed by atoms with Crippen molar-refractivity contribution in [2.45, 2.75) is 26.4 Å². The Morgan fingerprint density at radius 2 is 1.90 bits per heavy atom. The minimum atomic E-state index is -0.574. The van der Waals surface area contributed by atoms with E-state index >= 15 is 0 Å². The zero-order chi connectivity index (χ0) is 7.70. The van der Waals surface area contributed by atoms with E-state index in [1.165, 1.54) is 6.92 Å². The van der Waals surface area contributed by atoms with Gasteiger partial charge in [0.15, 0.2) is 0 Å². The summed E-state index contributed by atoms with van der Waals surface area (Å²) >= 11 is 0. The van der Waals surface area contributed by atoms with Gasteiger partial charge in [0.2, 0.25) is 0 Å². The van der Waals surface area contributed by atoms with Crippen LogP contribution in [0.1, 0.15) is 20.3 Å². The van der Waals surface area contributed by atoms with E-state index in [1.54, 1.807) is 0 Å². The topological polar surface area (TPSA) is 102 Å². The highest BCUT2D eigenvalue weighted by atomic mass is 16.3. The van der Waals surface area contributed by atoms with E-state index in [0.29, 0.717) is 0 Å². The van der Waals surface area contributed by atoms with Crippen molar-refractivity contribution in [3.63, 3.8) is 0 Å². The first kappa shape index (κ1) is 16.3. The number of aliphatic hydroxyl groups excluding tert-OH is 1. The maximum Gasteiger partial charge on any atom is 0.0856 e. The summed E-state index contributed by atoms with van der Waals surface area (Å²) in [6, 6.07) is 0. The van der Waals surface area contributed by atoms with Gasteiger partial charge in [-0.25, -0.2) is 0 Å². The van der Waals surface area contributed by atoms with Crippen molar-refractivity contribution in [1.82, 2.24) is 0 Å². The summed E-state index contributed by atoms with van der Waals surface area (Å²) in [4.78, 5) is 0. The first-order valence-corrected chi connectivity index (χ1v) is 3.07. The lowest BCUT2D eigenvalue weighted by atomic mass is 10.5.